The molecule has 1 aromatic heterocycles. The van der Waals surface area contributed by atoms with Gasteiger partial charge in [-0.25, -0.2) is 4.39 Å². The van der Waals surface area contributed by atoms with Gasteiger partial charge in [-0.15, -0.1) is 0 Å². The lowest BCUT2D eigenvalue weighted by atomic mass is 9.92. The molecule has 1 aromatic carbocycles. The molecule has 3 rings (SSSR count). The van der Waals surface area contributed by atoms with Crippen LogP contribution in [0.1, 0.15) is 61.6 Å². The molecule has 1 saturated heterocycles. The van der Waals surface area contributed by atoms with Crippen molar-refractivity contribution in [2.75, 3.05) is 37.8 Å². The van der Waals surface area contributed by atoms with Gasteiger partial charge in [0.15, 0.2) is 5.82 Å². The quantitative estimate of drug-likeness (QED) is 0.434. The molecule has 33 heavy (non-hydrogen) atoms. The summed E-state index contributed by atoms with van der Waals surface area (Å²) in [6, 6.07) is 3.83. The van der Waals surface area contributed by atoms with E-state index < -0.39 is 31.0 Å². The van der Waals surface area contributed by atoms with Crippen LogP contribution in [0.25, 0.3) is 0 Å². The molecule has 0 unspecified atom stereocenters. The van der Waals surface area contributed by atoms with Crippen LogP contribution in [0.5, 0.6) is 5.75 Å². The first-order valence-corrected chi connectivity index (χ1v) is 11.4. The third kappa shape index (κ3) is 6.88. The summed E-state index contributed by atoms with van der Waals surface area (Å²) >= 11 is 0. The van der Waals surface area contributed by atoms with Gasteiger partial charge < -0.3 is 29.7 Å². The lowest BCUT2D eigenvalue weighted by Crippen LogP contribution is -2.40. The fraction of sp³-hybridized carbons (Fsp3) is 0.609. The fourth-order valence-electron chi connectivity index (χ4n) is 3.75. The van der Waals surface area contributed by atoms with Gasteiger partial charge in [-0.3, -0.25) is 4.79 Å². The van der Waals surface area contributed by atoms with Gasteiger partial charge in [0.1, 0.15) is 11.6 Å². The maximum atomic E-state index is 14.3. The Bertz CT molecular complexity index is 895. The highest BCUT2D eigenvalue weighted by Crippen LogP contribution is 2.26. The van der Waals surface area contributed by atoms with Crippen LogP contribution >= 0.6 is 0 Å². The van der Waals surface area contributed by atoms with E-state index in [1.54, 1.807) is 6.07 Å². The Balaban J connectivity index is 1.38. The first-order valence-electron chi connectivity index (χ1n) is 11.4. The second kappa shape index (κ2) is 11.9. The molecular formula is C23H33FN4O5. The number of amides is 1. The van der Waals surface area contributed by atoms with E-state index in [0.29, 0.717) is 24.3 Å². The fourth-order valence-corrected chi connectivity index (χ4v) is 3.75. The number of nitrogens with one attached hydrogen (secondary N) is 1. The highest BCUT2D eigenvalue weighted by Gasteiger charge is 2.23. The van der Waals surface area contributed by atoms with Gasteiger partial charge in [0.2, 0.25) is 0 Å². The zero-order valence-corrected chi connectivity index (χ0v) is 19.2. The number of piperidine rings is 1. The van der Waals surface area contributed by atoms with Crippen molar-refractivity contribution in [3.63, 3.8) is 0 Å². The summed E-state index contributed by atoms with van der Waals surface area (Å²) in [6.45, 7) is 5.44. The Morgan fingerprint density at radius 1 is 1.30 bits per heavy atom. The van der Waals surface area contributed by atoms with Gasteiger partial charge in [0.05, 0.1) is 31.4 Å². The summed E-state index contributed by atoms with van der Waals surface area (Å²) in [5.74, 6) is 0.511. The summed E-state index contributed by atoms with van der Waals surface area (Å²) in [6.07, 6.45) is 3.95. The molecule has 9 nitrogen and oxygen atoms in total. The lowest BCUT2D eigenvalue weighted by Gasteiger charge is -2.30. The number of rotatable bonds is 11. The first kappa shape index (κ1) is 24.9. The highest BCUT2D eigenvalue weighted by molar-refractivity contribution is 5.94. The highest BCUT2D eigenvalue weighted by atomic mass is 19.1. The molecule has 10 heteroatoms. The van der Waals surface area contributed by atoms with Crippen LogP contribution in [0, 0.1) is 11.7 Å². The average Bonchev–Trinajstić information content (AvgIpc) is 3.31. The van der Waals surface area contributed by atoms with Crippen LogP contribution in [-0.2, 0) is 0 Å². The van der Waals surface area contributed by atoms with Crippen LogP contribution in [0.15, 0.2) is 22.7 Å². The van der Waals surface area contributed by atoms with E-state index in [1.165, 1.54) is 12.1 Å². The molecule has 0 spiro atoms. The average molecular weight is 465 g/mol. The second-order valence-corrected chi connectivity index (χ2v) is 8.69. The Hall–Kier alpha value is -2.72. The van der Waals surface area contributed by atoms with Crippen LogP contribution in [0.2, 0.25) is 0 Å². The zero-order valence-electron chi connectivity index (χ0n) is 19.2. The third-order valence-corrected chi connectivity index (χ3v) is 5.82. The molecule has 182 valence electrons. The standard InChI is InChI=1S/C23H33FN4O5/c1-15(2)21-26-23(33-27-21)28-9-7-16(8-10-28)4-3-11-32-18-5-6-19(20(24)12-18)22(31)25-17(13-29)14-30/h5-6,12,15-17,29-30H,3-4,7-11,13-14H2,1-2H3,(H,25,31). The Morgan fingerprint density at radius 3 is 2.64 bits per heavy atom. The topological polar surface area (TPSA) is 121 Å². The van der Waals surface area contributed by atoms with Crippen molar-refractivity contribution in [1.82, 2.24) is 15.5 Å². The summed E-state index contributed by atoms with van der Waals surface area (Å²) in [5.41, 5.74) is -0.164. The van der Waals surface area contributed by atoms with Crippen LogP contribution in [0.3, 0.4) is 0 Å². The van der Waals surface area contributed by atoms with Crippen LogP contribution < -0.4 is 15.0 Å². The number of carbonyl (C=O) groups is 1. The van der Waals surface area contributed by atoms with Gasteiger partial charge in [0.25, 0.3) is 5.91 Å². The largest absolute Gasteiger partial charge is 0.493 e. The molecule has 2 aromatic rings. The van der Waals surface area contributed by atoms with Crippen molar-refractivity contribution in [1.29, 1.82) is 0 Å². The van der Waals surface area contributed by atoms with Crippen LogP contribution in [-0.4, -0.2) is 65.2 Å². The number of hydrogen-bond acceptors (Lipinski definition) is 8. The molecule has 1 aliphatic heterocycles. The molecule has 1 aliphatic rings. The van der Waals surface area contributed by atoms with Crippen LogP contribution in [0.4, 0.5) is 10.4 Å². The van der Waals surface area contributed by atoms with E-state index in [9.17, 15) is 9.18 Å². The molecule has 0 radical (unpaired) electrons. The van der Waals surface area contributed by atoms with Gasteiger partial charge >= 0.3 is 6.01 Å². The second-order valence-electron chi connectivity index (χ2n) is 8.69. The van der Waals surface area contributed by atoms with Crippen molar-refractivity contribution in [2.24, 2.45) is 5.92 Å². The molecule has 2 heterocycles. The Labute approximate surface area is 192 Å². The number of carbonyl (C=O) groups excluding carboxylic acids is 1. The first-order chi connectivity index (χ1) is 15.9. The summed E-state index contributed by atoms with van der Waals surface area (Å²) < 4.78 is 25.3. The van der Waals surface area contributed by atoms with Crippen molar-refractivity contribution in [3.05, 3.63) is 35.4 Å². The number of benzene rings is 1. The van der Waals surface area contributed by atoms with Crippen molar-refractivity contribution >= 4 is 11.9 Å². The monoisotopic (exact) mass is 464 g/mol. The van der Waals surface area contributed by atoms with E-state index in [-0.39, 0.29) is 11.5 Å². The normalized spacial score (nSPS) is 14.8. The summed E-state index contributed by atoms with van der Waals surface area (Å²) in [7, 11) is 0. The minimum atomic E-state index is -0.829. The predicted molar refractivity (Wildman–Crippen MR) is 120 cm³/mol. The number of halogens is 1. The van der Waals surface area contributed by atoms with Crippen molar-refractivity contribution in [2.45, 2.75) is 51.5 Å². The van der Waals surface area contributed by atoms with E-state index in [0.717, 1.165) is 44.6 Å². The van der Waals surface area contributed by atoms with E-state index in [1.807, 2.05) is 13.8 Å². The minimum absolute atomic E-state index is 0.164. The summed E-state index contributed by atoms with van der Waals surface area (Å²) in [5, 5.41) is 24.5. The smallest absolute Gasteiger partial charge is 0.324 e. The van der Waals surface area contributed by atoms with Crippen molar-refractivity contribution < 1.29 is 28.7 Å². The number of aliphatic hydroxyl groups excluding tert-OH is 2. The minimum Gasteiger partial charge on any atom is -0.493 e. The Kier molecular flexibility index (Phi) is 9.02. The number of anilines is 1. The van der Waals surface area contributed by atoms with Crippen molar-refractivity contribution in [3.8, 4) is 5.75 Å². The third-order valence-electron chi connectivity index (χ3n) is 5.82. The Morgan fingerprint density at radius 2 is 2.03 bits per heavy atom. The zero-order chi connectivity index (χ0) is 23.8. The molecular weight excluding hydrogens is 431 g/mol. The van der Waals surface area contributed by atoms with Gasteiger partial charge in [0, 0.05) is 25.1 Å². The van der Waals surface area contributed by atoms with E-state index >= 15 is 0 Å². The molecule has 0 aliphatic carbocycles. The van der Waals surface area contributed by atoms with Gasteiger partial charge in [-0.1, -0.05) is 19.0 Å². The molecule has 1 amide bonds. The van der Waals surface area contributed by atoms with E-state index in [4.69, 9.17) is 19.5 Å². The lowest BCUT2D eigenvalue weighted by molar-refractivity contribution is 0.0875. The maximum Gasteiger partial charge on any atom is 0.324 e. The van der Waals surface area contributed by atoms with Gasteiger partial charge in [-0.05, 0) is 43.7 Å². The number of nitrogens with zero attached hydrogens (tertiary/aromatic N) is 3. The number of hydrogen-bond donors (Lipinski definition) is 3. The SMILES string of the molecule is CC(C)c1noc(N2CCC(CCCOc3ccc(C(=O)NC(CO)CO)c(F)c3)CC2)n1. The molecule has 0 bridgehead atoms. The van der Waals surface area contributed by atoms with E-state index in [2.05, 4.69) is 20.4 Å². The van der Waals surface area contributed by atoms with Gasteiger partial charge in [-0.2, -0.15) is 4.98 Å². The summed E-state index contributed by atoms with van der Waals surface area (Å²) in [4.78, 5) is 18.7. The molecule has 0 atom stereocenters. The number of aliphatic hydroxyl groups is 2. The predicted octanol–water partition coefficient (Wildman–Crippen LogP) is 2.49. The molecule has 1 fully saturated rings. The molecule has 0 saturated carbocycles. The maximum absolute atomic E-state index is 14.3. The number of ether oxygens (including phenoxy) is 1. The number of aromatic nitrogens is 2. The molecule has 3 N–H and O–H groups in total.